The fourth-order valence-electron chi connectivity index (χ4n) is 2.99. The number of aromatic nitrogens is 3. The van der Waals surface area contributed by atoms with Crippen LogP contribution in [0.25, 0.3) is 5.65 Å². The Kier molecular flexibility index (Phi) is 4.24. The van der Waals surface area contributed by atoms with Crippen LogP contribution >= 0.6 is 0 Å². The molecule has 2 unspecified atom stereocenters. The quantitative estimate of drug-likeness (QED) is 0.884. The zero-order chi connectivity index (χ0) is 15.5. The van der Waals surface area contributed by atoms with Crippen LogP contribution in [-0.4, -0.2) is 50.3 Å². The first-order chi connectivity index (χ1) is 10.6. The fourth-order valence-corrected chi connectivity index (χ4v) is 2.99. The zero-order valence-electron chi connectivity index (χ0n) is 12.6. The molecule has 3 rings (SSSR count). The van der Waals surface area contributed by atoms with E-state index in [0.717, 1.165) is 30.6 Å². The topological polar surface area (TPSA) is 82.8 Å². The van der Waals surface area contributed by atoms with E-state index in [0.29, 0.717) is 13.1 Å². The number of nitrogens with one attached hydrogen (secondary N) is 1. The van der Waals surface area contributed by atoms with E-state index in [1.165, 1.54) is 0 Å². The number of aliphatic hydroxyl groups is 1. The lowest BCUT2D eigenvalue weighted by molar-refractivity contribution is 0.114. The van der Waals surface area contributed by atoms with Gasteiger partial charge in [-0.15, -0.1) is 0 Å². The minimum atomic E-state index is -0.279. The van der Waals surface area contributed by atoms with Crippen molar-refractivity contribution in [1.82, 2.24) is 24.8 Å². The summed E-state index contributed by atoms with van der Waals surface area (Å²) in [5.41, 5.74) is 1.63. The summed E-state index contributed by atoms with van der Waals surface area (Å²) in [6.45, 7) is 0.970. The van der Waals surface area contributed by atoms with Gasteiger partial charge >= 0.3 is 6.03 Å². The number of hydrogen-bond acceptors (Lipinski definition) is 4. The molecule has 2 N–H and O–H groups in total. The van der Waals surface area contributed by atoms with Crippen LogP contribution in [0.1, 0.15) is 25.0 Å². The van der Waals surface area contributed by atoms with Crippen molar-refractivity contribution < 1.29 is 9.90 Å². The highest BCUT2D eigenvalue weighted by atomic mass is 16.3. The standard InChI is InChI=1S/C15H21N5O2/c1-19(10-11-3-2-4-13(11)21)15(22)17-9-12-5-7-16-14-6-8-18-20(12)14/h5-8,11,13,21H,2-4,9-10H2,1H3,(H,17,22). The van der Waals surface area contributed by atoms with E-state index in [4.69, 9.17) is 0 Å². The van der Waals surface area contributed by atoms with Crippen LogP contribution in [0.15, 0.2) is 24.5 Å². The molecule has 1 fully saturated rings. The predicted molar refractivity (Wildman–Crippen MR) is 81.2 cm³/mol. The van der Waals surface area contributed by atoms with E-state index in [-0.39, 0.29) is 18.1 Å². The summed E-state index contributed by atoms with van der Waals surface area (Å²) in [5.74, 6) is 0.189. The molecule has 2 heterocycles. The Labute approximate surface area is 129 Å². The van der Waals surface area contributed by atoms with E-state index < -0.39 is 0 Å². The van der Waals surface area contributed by atoms with Gasteiger partial charge in [-0.05, 0) is 18.9 Å². The first kappa shape index (κ1) is 14.8. The highest BCUT2D eigenvalue weighted by Crippen LogP contribution is 2.25. The van der Waals surface area contributed by atoms with Gasteiger partial charge in [-0.2, -0.15) is 5.10 Å². The van der Waals surface area contributed by atoms with Crippen LogP contribution in [0.4, 0.5) is 4.79 Å². The van der Waals surface area contributed by atoms with Crippen LogP contribution < -0.4 is 5.32 Å². The Morgan fingerprint density at radius 2 is 2.32 bits per heavy atom. The molecule has 1 saturated carbocycles. The molecular weight excluding hydrogens is 282 g/mol. The number of carbonyl (C=O) groups is 1. The van der Waals surface area contributed by atoms with Gasteiger partial charge in [0.25, 0.3) is 0 Å². The minimum Gasteiger partial charge on any atom is -0.393 e. The minimum absolute atomic E-state index is 0.142. The second-order valence-corrected chi connectivity index (χ2v) is 5.83. The molecule has 7 heteroatoms. The first-order valence-electron chi connectivity index (χ1n) is 7.60. The molecular formula is C15H21N5O2. The predicted octanol–water partition coefficient (Wildman–Crippen LogP) is 1.03. The Morgan fingerprint density at radius 1 is 1.45 bits per heavy atom. The van der Waals surface area contributed by atoms with E-state index in [1.807, 2.05) is 12.1 Å². The maximum absolute atomic E-state index is 12.2. The normalized spacial score (nSPS) is 21.2. The molecule has 0 aliphatic heterocycles. The zero-order valence-corrected chi connectivity index (χ0v) is 12.6. The Balaban J connectivity index is 1.56. The summed E-state index contributed by atoms with van der Waals surface area (Å²) in [6.07, 6.45) is 5.97. The molecule has 0 aromatic carbocycles. The molecule has 0 saturated heterocycles. The number of carbonyl (C=O) groups excluding carboxylic acids is 1. The molecule has 0 spiro atoms. The highest BCUT2D eigenvalue weighted by Gasteiger charge is 2.27. The number of amides is 2. The van der Waals surface area contributed by atoms with Crippen molar-refractivity contribution in [3.05, 3.63) is 30.2 Å². The summed E-state index contributed by atoms with van der Waals surface area (Å²) in [5, 5.41) is 16.9. The molecule has 7 nitrogen and oxygen atoms in total. The number of fused-ring (bicyclic) bond motifs is 1. The van der Waals surface area contributed by atoms with Crippen LogP contribution in [0.5, 0.6) is 0 Å². The van der Waals surface area contributed by atoms with Crippen molar-refractivity contribution in [2.45, 2.75) is 31.9 Å². The molecule has 2 aromatic heterocycles. The van der Waals surface area contributed by atoms with Crippen molar-refractivity contribution in [1.29, 1.82) is 0 Å². The Bertz CT molecular complexity index is 656. The van der Waals surface area contributed by atoms with Gasteiger partial charge in [0.1, 0.15) is 0 Å². The largest absolute Gasteiger partial charge is 0.393 e. The second kappa shape index (κ2) is 6.31. The summed E-state index contributed by atoms with van der Waals surface area (Å²) >= 11 is 0. The molecule has 0 bridgehead atoms. The van der Waals surface area contributed by atoms with Gasteiger partial charge in [-0.25, -0.2) is 14.3 Å². The molecule has 118 valence electrons. The van der Waals surface area contributed by atoms with Gasteiger partial charge in [0.15, 0.2) is 5.65 Å². The van der Waals surface area contributed by atoms with E-state index in [2.05, 4.69) is 15.4 Å². The lowest BCUT2D eigenvalue weighted by atomic mass is 10.1. The van der Waals surface area contributed by atoms with E-state index >= 15 is 0 Å². The summed E-state index contributed by atoms with van der Waals surface area (Å²) in [4.78, 5) is 18.0. The average molecular weight is 303 g/mol. The number of urea groups is 1. The SMILES string of the molecule is CN(CC1CCCC1O)C(=O)NCc1ccnc2ccnn12. The third-order valence-corrected chi connectivity index (χ3v) is 4.26. The van der Waals surface area contributed by atoms with E-state index in [1.54, 1.807) is 28.9 Å². The average Bonchev–Trinajstić information content (AvgIpc) is 3.14. The highest BCUT2D eigenvalue weighted by molar-refractivity contribution is 5.73. The first-order valence-corrected chi connectivity index (χ1v) is 7.60. The van der Waals surface area contributed by atoms with Crippen LogP contribution in [-0.2, 0) is 6.54 Å². The van der Waals surface area contributed by atoms with Gasteiger partial charge in [0.05, 0.1) is 24.5 Å². The van der Waals surface area contributed by atoms with E-state index in [9.17, 15) is 9.90 Å². The smallest absolute Gasteiger partial charge is 0.317 e. The van der Waals surface area contributed by atoms with Crippen molar-refractivity contribution >= 4 is 11.7 Å². The lowest BCUT2D eigenvalue weighted by Crippen LogP contribution is -2.41. The fraction of sp³-hybridized carbons (Fsp3) is 0.533. The third-order valence-electron chi connectivity index (χ3n) is 4.26. The number of aliphatic hydroxyl groups excluding tert-OH is 1. The lowest BCUT2D eigenvalue weighted by Gasteiger charge is -2.23. The number of hydrogen-bond donors (Lipinski definition) is 2. The van der Waals surface area contributed by atoms with Gasteiger partial charge in [0.2, 0.25) is 0 Å². The maximum Gasteiger partial charge on any atom is 0.317 e. The van der Waals surface area contributed by atoms with Crippen LogP contribution in [0.3, 0.4) is 0 Å². The molecule has 22 heavy (non-hydrogen) atoms. The molecule has 0 radical (unpaired) electrons. The summed E-state index contributed by atoms with van der Waals surface area (Å²) < 4.78 is 1.71. The van der Waals surface area contributed by atoms with Crippen molar-refractivity contribution in [3.63, 3.8) is 0 Å². The van der Waals surface area contributed by atoms with Gasteiger partial charge < -0.3 is 15.3 Å². The van der Waals surface area contributed by atoms with Crippen LogP contribution in [0, 0.1) is 5.92 Å². The summed E-state index contributed by atoms with van der Waals surface area (Å²) in [7, 11) is 1.76. The van der Waals surface area contributed by atoms with Gasteiger partial charge in [-0.1, -0.05) is 6.42 Å². The molecule has 1 aliphatic rings. The monoisotopic (exact) mass is 303 g/mol. The Morgan fingerprint density at radius 3 is 3.09 bits per heavy atom. The van der Waals surface area contributed by atoms with Crippen molar-refractivity contribution in [3.8, 4) is 0 Å². The van der Waals surface area contributed by atoms with Crippen molar-refractivity contribution in [2.75, 3.05) is 13.6 Å². The molecule has 2 amide bonds. The molecule has 1 aliphatic carbocycles. The number of rotatable bonds is 4. The molecule has 2 atom stereocenters. The van der Waals surface area contributed by atoms with Gasteiger partial charge in [0, 0.05) is 31.8 Å². The third kappa shape index (κ3) is 3.04. The second-order valence-electron chi connectivity index (χ2n) is 5.83. The summed E-state index contributed by atoms with van der Waals surface area (Å²) in [6, 6.07) is 3.51. The Hall–Kier alpha value is -2.15. The maximum atomic E-state index is 12.2. The van der Waals surface area contributed by atoms with Crippen molar-refractivity contribution in [2.24, 2.45) is 5.92 Å². The molecule has 2 aromatic rings. The van der Waals surface area contributed by atoms with Crippen LogP contribution in [0.2, 0.25) is 0 Å². The van der Waals surface area contributed by atoms with Gasteiger partial charge in [-0.3, -0.25) is 0 Å². The number of nitrogens with zero attached hydrogens (tertiary/aromatic N) is 4.